The zero-order valence-electron chi connectivity index (χ0n) is 10.1. The lowest BCUT2D eigenvalue weighted by atomic mass is 9.98. The molecule has 0 radical (unpaired) electrons. The van der Waals surface area contributed by atoms with Crippen LogP contribution in [0.2, 0.25) is 0 Å². The Bertz CT molecular complexity index is 382. The Balaban J connectivity index is 2.29. The maximum absolute atomic E-state index is 5.75. The summed E-state index contributed by atoms with van der Waals surface area (Å²) in [7, 11) is 0. The van der Waals surface area contributed by atoms with Crippen molar-refractivity contribution in [3.63, 3.8) is 0 Å². The summed E-state index contributed by atoms with van der Waals surface area (Å²) in [4.78, 5) is 0. The molecule has 0 bridgehead atoms. The van der Waals surface area contributed by atoms with E-state index >= 15 is 0 Å². The van der Waals surface area contributed by atoms with Crippen molar-refractivity contribution in [1.82, 2.24) is 0 Å². The van der Waals surface area contributed by atoms with Gasteiger partial charge in [0.05, 0.1) is 19.3 Å². The molecular formula is C13H19NO2. The van der Waals surface area contributed by atoms with Gasteiger partial charge in [0.2, 0.25) is 0 Å². The summed E-state index contributed by atoms with van der Waals surface area (Å²) in [5.41, 5.74) is 9.27. The standard InChI is InChI=1S/C13H19NO2/c1-9-4-5-12(10(2)6-9)13(3)15-7-11(14)8-16-13/h4-6,11H,7-8,14H2,1-3H3. The summed E-state index contributed by atoms with van der Waals surface area (Å²) in [6, 6.07) is 6.27. The molecule has 16 heavy (non-hydrogen) atoms. The van der Waals surface area contributed by atoms with Crippen molar-refractivity contribution in [2.24, 2.45) is 5.73 Å². The molecule has 3 heteroatoms. The molecule has 1 aliphatic rings. The second-order valence-electron chi connectivity index (χ2n) is 4.65. The normalized spacial score (nSPS) is 30.4. The Morgan fingerprint density at radius 2 is 1.88 bits per heavy atom. The van der Waals surface area contributed by atoms with Crippen molar-refractivity contribution in [2.45, 2.75) is 32.6 Å². The molecule has 0 saturated carbocycles. The van der Waals surface area contributed by atoms with Crippen molar-refractivity contribution in [3.05, 3.63) is 34.9 Å². The predicted molar refractivity (Wildman–Crippen MR) is 63.1 cm³/mol. The van der Waals surface area contributed by atoms with Crippen LogP contribution in [-0.2, 0) is 15.3 Å². The smallest absolute Gasteiger partial charge is 0.192 e. The SMILES string of the molecule is Cc1ccc(C2(C)OCC(N)CO2)c(C)c1. The molecule has 1 aromatic rings. The second-order valence-corrected chi connectivity index (χ2v) is 4.65. The fourth-order valence-corrected chi connectivity index (χ4v) is 2.10. The first-order chi connectivity index (χ1) is 7.51. The third-order valence-electron chi connectivity index (χ3n) is 3.02. The molecule has 0 unspecified atom stereocenters. The molecule has 2 N–H and O–H groups in total. The monoisotopic (exact) mass is 221 g/mol. The van der Waals surface area contributed by atoms with Crippen LogP contribution in [0.25, 0.3) is 0 Å². The minimum absolute atomic E-state index is 0.0150. The molecule has 1 saturated heterocycles. The lowest BCUT2D eigenvalue weighted by Crippen LogP contribution is -2.46. The van der Waals surface area contributed by atoms with E-state index in [1.54, 1.807) is 0 Å². The Morgan fingerprint density at radius 3 is 2.44 bits per heavy atom. The van der Waals surface area contributed by atoms with Gasteiger partial charge in [0.25, 0.3) is 0 Å². The molecule has 1 heterocycles. The molecule has 3 nitrogen and oxygen atoms in total. The number of benzene rings is 1. The summed E-state index contributed by atoms with van der Waals surface area (Å²) in [5, 5.41) is 0. The van der Waals surface area contributed by atoms with Crippen LogP contribution in [0.15, 0.2) is 18.2 Å². The van der Waals surface area contributed by atoms with Gasteiger partial charge in [0, 0.05) is 5.56 Å². The fourth-order valence-electron chi connectivity index (χ4n) is 2.10. The maximum Gasteiger partial charge on any atom is 0.192 e. The van der Waals surface area contributed by atoms with E-state index in [1.165, 1.54) is 11.1 Å². The van der Waals surface area contributed by atoms with Crippen LogP contribution >= 0.6 is 0 Å². The maximum atomic E-state index is 5.75. The van der Waals surface area contributed by atoms with E-state index in [-0.39, 0.29) is 6.04 Å². The molecule has 88 valence electrons. The van der Waals surface area contributed by atoms with Gasteiger partial charge in [0.1, 0.15) is 0 Å². The molecule has 2 rings (SSSR count). The summed E-state index contributed by atoms with van der Waals surface area (Å²) >= 11 is 0. The van der Waals surface area contributed by atoms with E-state index in [4.69, 9.17) is 15.2 Å². The van der Waals surface area contributed by atoms with Gasteiger partial charge in [-0.25, -0.2) is 0 Å². The lowest BCUT2D eigenvalue weighted by Gasteiger charge is -2.37. The second kappa shape index (κ2) is 4.17. The Morgan fingerprint density at radius 1 is 1.25 bits per heavy atom. The van der Waals surface area contributed by atoms with Crippen molar-refractivity contribution in [1.29, 1.82) is 0 Å². The third kappa shape index (κ3) is 2.12. The zero-order valence-corrected chi connectivity index (χ0v) is 10.1. The number of nitrogens with two attached hydrogens (primary N) is 1. The first kappa shape index (κ1) is 11.6. The fraction of sp³-hybridized carbons (Fsp3) is 0.538. The van der Waals surface area contributed by atoms with Crippen LogP contribution in [0.4, 0.5) is 0 Å². The van der Waals surface area contributed by atoms with Gasteiger partial charge in [-0.05, 0) is 26.3 Å². The van der Waals surface area contributed by atoms with Crippen molar-refractivity contribution >= 4 is 0 Å². The third-order valence-corrected chi connectivity index (χ3v) is 3.02. The van der Waals surface area contributed by atoms with Crippen LogP contribution in [0, 0.1) is 13.8 Å². The van der Waals surface area contributed by atoms with Gasteiger partial charge in [-0.3, -0.25) is 0 Å². The molecule has 1 aromatic carbocycles. The minimum Gasteiger partial charge on any atom is -0.344 e. The number of ether oxygens (including phenoxy) is 2. The summed E-state index contributed by atoms with van der Waals surface area (Å²) < 4.78 is 11.5. The van der Waals surface area contributed by atoms with E-state index in [1.807, 2.05) is 6.92 Å². The molecule has 1 fully saturated rings. The van der Waals surface area contributed by atoms with Gasteiger partial charge in [0.15, 0.2) is 5.79 Å². The number of hydrogen-bond acceptors (Lipinski definition) is 3. The van der Waals surface area contributed by atoms with Gasteiger partial charge in [-0.15, -0.1) is 0 Å². The topological polar surface area (TPSA) is 44.5 Å². The lowest BCUT2D eigenvalue weighted by molar-refractivity contribution is -0.270. The van der Waals surface area contributed by atoms with Crippen LogP contribution in [0.1, 0.15) is 23.6 Å². The number of aryl methyl sites for hydroxylation is 2. The van der Waals surface area contributed by atoms with Crippen molar-refractivity contribution in [3.8, 4) is 0 Å². The molecular weight excluding hydrogens is 202 g/mol. The van der Waals surface area contributed by atoms with Gasteiger partial charge >= 0.3 is 0 Å². The van der Waals surface area contributed by atoms with Crippen LogP contribution < -0.4 is 5.73 Å². The molecule has 0 aliphatic carbocycles. The largest absolute Gasteiger partial charge is 0.344 e. The van der Waals surface area contributed by atoms with E-state index < -0.39 is 5.79 Å². The molecule has 0 aromatic heterocycles. The predicted octanol–water partition coefficient (Wildman–Crippen LogP) is 1.85. The first-order valence-corrected chi connectivity index (χ1v) is 5.62. The van der Waals surface area contributed by atoms with E-state index in [2.05, 4.69) is 32.0 Å². The summed E-state index contributed by atoms with van der Waals surface area (Å²) in [6.07, 6.45) is 0. The van der Waals surface area contributed by atoms with Gasteiger partial charge < -0.3 is 15.2 Å². The van der Waals surface area contributed by atoms with Gasteiger partial charge in [-0.2, -0.15) is 0 Å². The summed E-state index contributed by atoms with van der Waals surface area (Å²) in [6.45, 7) is 7.20. The highest BCUT2D eigenvalue weighted by molar-refractivity contribution is 5.33. The molecule has 1 aliphatic heterocycles. The van der Waals surface area contributed by atoms with E-state index in [0.29, 0.717) is 13.2 Å². The quantitative estimate of drug-likeness (QED) is 0.787. The van der Waals surface area contributed by atoms with Crippen molar-refractivity contribution in [2.75, 3.05) is 13.2 Å². The Labute approximate surface area is 96.5 Å². The van der Waals surface area contributed by atoms with E-state index in [9.17, 15) is 0 Å². The van der Waals surface area contributed by atoms with E-state index in [0.717, 1.165) is 5.56 Å². The zero-order chi connectivity index (χ0) is 11.8. The molecule has 0 spiro atoms. The Kier molecular flexibility index (Phi) is 3.02. The van der Waals surface area contributed by atoms with Crippen LogP contribution in [-0.4, -0.2) is 19.3 Å². The Hall–Kier alpha value is -0.900. The molecule has 0 amide bonds. The highest BCUT2D eigenvalue weighted by atomic mass is 16.7. The highest BCUT2D eigenvalue weighted by Crippen LogP contribution is 2.32. The summed E-state index contributed by atoms with van der Waals surface area (Å²) in [5.74, 6) is -0.645. The number of rotatable bonds is 1. The first-order valence-electron chi connectivity index (χ1n) is 5.62. The minimum atomic E-state index is -0.645. The average Bonchev–Trinajstić information content (AvgIpc) is 2.22. The number of hydrogen-bond donors (Lipinski definition) is 1. The van der Waals surface area contributed by atoms with Gasteiger partial charge in [-0.1, -0.05) is 23.8 Å². The average molecular weight is 221 g/mol. The van der Waals surface area contributed by atoms with Crippen LogP contribution in [0.5, 0.6) is 0 Å². The molecule has 0 atom stereocenters. The van der Waals surface area contributed by atoms with Crippen molar-refractivity contribution < 1.29 is 9.47 Å². The van der Waals surface area contributed by atoms with Crippen LogP contribution in [0.3, 0.4) is 0 Å². The highest BCUT2D eigenvalue weighted by Gasteiger charge is 2.34.